The van der Waals surface area contributed by atoms with E-state index in [1.54, 1.807) is 6.92 Å². The van der Waals surface area contributed by atoms with Gasteiger partial charge < -0.3 is 4.74 Å². The molecule has 6 nitrogen and oxygen atoms in total. The smallest absolute Gasteiger partial charge is 0.333 e. The molecule has 1 aliphatic rings. The van der Waals surface area contributed by atoms with Crippen LogP contribution in [0.15, 0.2) is 16.8 Å². The van der Waals surface area contributed by atoms with Gasteiger partial charge in [0, 0.05) is 11.3 Å². The SMILES string of the molecule is COC(=O)C(C)=CCSc1nnnn1C1CCCC1. The molecule has 0 bridgehead atoms. The van der Waals surface area contributed by atoms with Crippen molar-refractivity contribution in [2.75, 3.05) is 12.9 Å². The summed E-state index contributed by atoms with van der Waals surface area (Å²) in [4.78, 5) is 11.2. The van der Waals surface area contributed by atoms with Crippen LogP contribution in [0.2, 0.25) is 0 Å². The molecule has 0 radical (unpaired) electrons. The Hall–Kier alpha value is -1.37. The molecule has 0 spiro atoms. The van der Waals surface area contributed by atoms with Crippen molar-refractivity contribution in [3.05, 3.63) is 11.6 Å². The molecular formula is C12H18N4O2S. The van der Waals surface area contributed by atoms with Crippen molar-refractivity contribution >= 4 is 17.7 Å². The number of aromatic nitrogens is 4. The molecule has 1 aromatic heterocycles. The summed E-state index contributed by atoms with van der Waals surface area (Å²) >= 11 is 1.54. The first-order valence-electron chi connectivity index (χ1n) is 6.38. The molecule has 19 heavy (non-hydrogen) atoms. The predicted molar refractivity (Wildman–Crippen MR) is 71.8 cm³/mol. The monoisotopic (exact) mass is 282 g/mol. The zero-order valence-electron chi connectivity index (χ0n) is 11.2. The Balaban J connectivity index is 1.93. The van der Waals surface area contributed by atoms with Crippen LogP contribution in [0.1, 0.15) is 38.6 Å². The van der Waals surface area contributed by atoms with Gasteiger partial charge in [-0.2, -0.15) is 0 Å². The highest BCUT2D eigenvalue weighted by Crippen LogP contribution is 2.31. The number of carbonyl (C=O) groups is 1. The van der Waals surface area contributed by atoms with Crippen LogP contribution < -0.4 is 0 Å². The minimum absolute atomic E-state index is 0.295. The van der Waals surface area contributed by atoms with Crippen molar-refractivity contribution in [1.82, 2.24) is 20.2 Å². The summed E-state index contributed by atoms with van der Waals surface area (Å²) in [5.41, 5.74) is 0.606. The molecule has 0 N–H and O–H groups in total. The van der Waals surface area contributed by atoms with E-state index in [2.05, 4.69) is 20.3 Å². The van der Waals surface area contributed by atoms with E-state index >= 15 is 0 Å². The van der Waals surface area contributed by atoms with Gasteiger partial charge in [0.1, 0.15) is 0 Å². The summed E-state index contributed by atoms with van der Waals surface area (Å²) in [5, 5.41) is 12.7. The lowest BCUT2D eigenvalue weighted by Gasteiger charge is -2.10. The van der Waals surface area contributed by atoms with Crippen molar-refractivity contribution in [3.8, 4) is 0 Å². The van der Waals surface area contributed by atoms with Crippen LogP contribution >= 0.6 is 11.8 Å². The van der Waals surface area contributed by atoms with Crippen LogP contribution in [-0.2, 0) is 9.53 Å². The summed E-state index contributed by atoms with van der Waals surface area (Å²) in [5.74, 6) is 0.365. The van der Waals surface area contributed by atoms with Crippen LogP contribution in [0.3, 0.4) is 0 Å². The number of thioether (sulfide) groups is 1. The van der Waals surface area contributed by atoms with E-state index in [9.17, 15) is 4.79 Å². The first-order valence-corrected chi connectivity index (χ1v) is 7.36. The molecule has 7 heteroatoms. The third kappa shape index (κ3) is 3.56. The van der Waals surface area contributed by atoms with Gasteiger partial charge in [-0.25, -0.2) is 9.48 Å². The number of hydrogen-bond donors (Lipinski definition) is 0. The minimum atomic E-state index is -0.295. The van der Waals surface area contributed by atoms with Gasteiger partial charge in [0.15, 0.2) is 0 Å². The zero-order valence-corrected chi connectivity index (χ0v) is 12.0. The van der Waals surface area contributed by atoms with Crippen LogP contribution in [0.5, 0.6) is 0 Å². The fourth-order valence-corrected chi connectivity index (χ4v) is 3.04. The highest BCUT2D eigenvalue weighted by molar-refractivity contribution is 7.99. The van der Waals surface area contributed by atoms with Crippen molar-refractivity contribution < 1.29 is 9.53 Å². The summed E-state index contributed by atoms with van der Waals surface area (Å²) in [6.45, 7) is 1.74. The summed E-state index contributed by atoms with van der Waals surface area (Å²) in [7, 11) is 1.38. The van der Waals surface area contributed by atoms with Crippen LogP contribution in [0, 0.1) is 0 Å². The molecule has 0 aliphatic heterocycles. The summed E-state index contributed by atoms with van der Waals surface area (Å²) in [6.07, 6.45) is 6.63. The lowest BCUT2D eigenvalue weighted by Crippen LogP contribution is -2.08. The molecule has 104 valence electrons. The Morgan fingerprint density at radius 3 is 2.95 bits per heavy atom. The molecule has 1 heterocycles. The number of rotatable bonds is 5. The van der Waals surface area contributed by atoms with Gasteiger partial charge >= 0.3 is 5.97 Å². The van der Waals surface area contributed by atoms with Crippen LogP contribution in [0.4, 0.5) is 0 Å². The van der Waals surface area contributed by atoms with Crippen molar-refractivity contribution in [2.45, 2.75) is 43.8 Å². The van der Waals surface area contributed by atoms with Gasteiger partial charge in [0.2, 0.25) is 5.16 Å². The Kier molecular flexibility index (Phi) is 4.95. The lowest BCUT2D eigenvalue weighted by molar-refractivity contribution is -0.136. The molecule has 0 saturated heterocycles. The predicted octanol–water partition coefficient (Wildman–Crippen LogP) is 2.00. The molecule has 0 unspecified atom stereocenters. The van der Waals surface area contributed by atoms with Crippen LogP contribution in [-0.4, -0.2) is 39.0 Å². The molecule has 1 fully saturated rings. The molecule has 1 saturated carbocycles. The van der Waals surface area contributed by atoms with E-state index in [0.717, 1.165) is 18.0 Å². The Labute approximate surface area is 116 Å². The topological polar surface area (TPSA) is 69.9 Å². The highest BCUT2D eigenvalue weighted by atomic mass is 32.2. The normalized spacial score (nSPS) is 16.8. The maximum absolute atomic E-state index is 11.2. The molecule has 0 aromatic carbocycles. The van der Waals surface area contributed by atoms with E-state index in [-0.39, 0.29) is 5.97 Å². The largest absolute Gasteiger partial charge is 0.466 e. The zero-order chi connectivity index (χ0) is 13.7. The number of tetrazole rings is 1. The second kappa shape index (κ2) is 6.70. The molecular weight excluding hydrogens is 264 g/mol. The molecule has 1 aliphatic carbocycles. The second-order valence-corrected chi connectivity index (χ2v) is 5.52. The average molecular weight is 282 g/mol. The molecule has 0 atom stereocenters. The number of hydrogen-bond acceptors (Lipinski definition) is 6. The average Bonchev–Trinajstić information content (AvgIpc) is 3.07. The standard InChI is InChI=1S/C12H18N4O2S/c1-9(11(17)18-2)7-8-19-12-13-14-15-16(12)10-5-3-4-6-10/h7,10H,3-6,8H2,1-2H3. The minimum Gasteiger partial charge on any atom is -0.466 e. The maximum Gasteiger partial charge on any atom is 0.333 e. The first kappa shape index (κ1) is 14.0. The van der Waals surface area contributed by atoms with E-state index in [1.807, 2.05) is 10.8 Å². The third-order valence-electron chi connectivity index (χ3n) is 3.24. The van der Waals surface area contributed by atoms with Crippen molar-refractivity contribution in [2.24, 2.45) is 0 Å². The third-order valence-corrected chi connectivity index (χ3v) is 4.10. The van der Waals surface area contributed by atoms with E-state index in [4.69, 9.17) is 0 Å². The van der Waals surface area contributed by atoms with Crippen LogP contribution in [0.25, 0.3) is 0 Å². The van der Waals surface area contributed by atoms with Gasteiger partial charge in [0.05, 0.1) is 13.2 Å². The quantitative estimate of drug-likeness (QED) is 0.467. The molecule has 0 amide bonds. The first-order chi connectivity index (χ1) is 9.22. The lowest BCUT2D eigenvalue weighted by atomic mass is 10.3. The number of nitrogens with zero attached hydrogens (tertiary/aromatic N) is 4. The highest BCUT2D eigenvalue weighted by Gasteiger charge is 2.21. The van der Waals surface area contributed by atoms with E-state index < -0.39 is 0 Å². The van der Waals surface area contributed by atoms with Gasteiger partial charge in [0.25, 0.3) is 0 Å². The molecule has 1 aromatic rings. The van der Waals surface area contributed by atoms with Gasteiger partial charge in [-0.1, -0.05) is 30.7 Å². The van der Waals surface area contributed by atoms with Gasteiger partial charge in [-0.05, 0) is 30.2 Å². The summed E-state index contributed by atoms with van der Waals surface area (Å²) in [6, 6.07) is 0.434. The molecule has 2 rings (SSSR count). The summed E-state index contributed by atoms with van der Waals surface area (Å²) < 4.78 is 6.56. The second-order valence-electron chi connectivity index (χ2n) is 4.53. The fourth-order valence-electron chi connectivity index (χ4n) is 2.14. The Morgan fingerprint density at radius 1 is 1.53 bits per heavy atom. The van der Waals surface area contributed by atoms with E-state index in [0.29, 0.717) is 17.4 Å². The Bertz CT molecular complexity index is 466. The maximum atomic E-state index is 11.2. The number of esters is 1. The number of ether oxygens (including phenoxy) is 1. The van der Waals surface area contributed by atoms with Crippen molar-refractivity contribution in [1.29, 1.82) is 0 Å². The van der Waals surface area contributed by atoms with E-state index in [1.165, 1.54) is 31.7 Å². The number of methoxy groups -OCH3 is 1. The fraction of sp³-hybridized carbons (Fsp3) is 0.667. The Morgan fingerprint density at radius 2 is 2.26 bits per heavy atom. The van der Waals surface area contributed by atoms with Gasteiger partial charge in [-0.15, -0.1) is 5.10 Å². The van der Waals surface area contributed by atoms with Crippen molar-refractivity contribution in [3.63, 3.8) is 0 Å². The number of carbonyl (C=O) groups excluding carboxylic acids is 1. The van der Waals surface area contributed by atoms with Gasteiger partial charge in [-0.3, -0.25) is 0 Å².